The fourth-order valence-corrected chi connectivity index (χ4v) is 3.93. The molecule has 2 heterocycles. The van der Waals surface area contributed by atoms with Gasteiger partial charge in [0.2, 0.25) is 0 Å². The van der Waals surface area contributed by atoms with Crippen LogP contribution in [0.4, 0.5) is 0 Å². The summed E-state index contributed by atoms with van der Waals surface area (Å²) >= 11 is -1.01. The van der Waals surface area contributed by atoms with E-state index >= 15 is 0 Å². The summed E-state index contributed by atoms with van der Waals surface area (Å²) in [5.41, 5.74) is 0. The normalized spacial score (nSPS) is 36.3. The van der Waals surface area contributed by atoms with Crippen molar-refractivity contribution in [3.8, 4) is 0 Å². The summed E-state index contributed by atoms with van der Waals surface area (Å²) in [5.74, 6) is 0.623. The lowest BCUT2D eigenvalue weighted by molar-refractivity contribution is -0.769. The molecule has 0 radical (unpaired) electrons. The Kier molecular flexibility index (Phi) is 4.66. The first-order valence-electron chi connectivity index (χ1n) is 6.05. The van der Waals surface area contributed by atoms with E-state index in [0.717, 1.165) is 12.8 Å². The molecule has 0 N–H and O–H groups in total. The molecule has 2 saturated heterocycles. The van der Waals surface area contributed by atoms with Gasteiger partial charge in [-0.2, -0.15) is 0 Å². The molecular weight excluding hydrogens is 262 g/mol. The Labute approximate surface area is 108 Å². The van der Waals surface area contributed by atoms with Crippen LogP contribution in [-0.2, 0) is 25.5 Å². The van der Waals surface area contributed by atoms with E-state index in [1.165, 1.54) is 0 Å². The number of unbranched alkanes of at least 4 members (excludes halogenated alkanes) is 1. The highest BCUT2D eigenvalue weighted by atomic mass is 32.2. The molecule has 8 heteroatoms. The second-order valence-corrected chi connectivity index (χ2v) is 6.22. The molecule has 0 bridgehead atoms. The maximum Gasteiger partial charge on any atom is 0.294 e. The average molecular weight is 279 g/mol. The first kappa shape index (κ1) is 13.9. The Morgan fingerprint density at radius 1 is 1.39 bits per heavy atom. The van der Waals surface area contributed by atoms with Crippen molar-refractivity contribution in [3.05, 3.63) is 10.1 Å². The predicted molar refractivity (Wildman–Crippen MR) is 63.1 cm³/mol. The quantitative estimate of drug-likeness (QED) is 0.394. The number of hydrogen-bond donors (Lipinski definition) is 0. The van der Waals surface area contributed by atoms with Gasteiger partial charge in [0.25, 0.3) is 5.09 Å². The van der Waals surface area contributed by atoms with Gasteiger partial charge in [-0.1, -0.05) is 13.3 Å². The van der Waals surface area contributed by atoms with E-state index in [4.69, 9.17) is 9.47 Å². The summed E-state index contributed by atoms with van der Waals surface area (Å²) in [6.45, 7) is 2.49. The SMILES string of the molecule is CCCC[S+]([O-])[C@H]1CO[C@H]2[C@@H]1OC[C@H]2O[N+](=O)[O-]. The molecule has 2 rings (SSSR count). The van der Waals surface area contributed by atoms with E-state index in [1.54, 1.807) is 0 Å². The lowest BCUT2D eigenvalue weighted by Crippen LogP contribution is -2.38. The highest BCUT2D eigenvalue weighted by Crippen LogP contribution is 2.32. The molecule has 7 nitrogen and oxygen atoms in total. The van der Waals surface area contributed by atoms with E-state index in [2.05, 4.69) is 4.84 Å². The monoisotopic (exact) mass is 279 g/mol. The highest BCUT2D eigenvalue weighted by molar-refractivity contribution is 7.92. The average Bonchev–Trinajstić information content (AvgIpc) is 2.88. The zero-order valence-electron chi connectivity index (χ0n) is 10.1. The Bertz CT molecular complexity index is 304. The van der Waals surface area contributed by atoms with Gasteiger partial charge in [-0.05, 0) is 17.6 Å². The minimum absolute atomic E-state index is 0.123. The van der Waals surface area contributed by atoms with Gasteiger partial charge in [-0.3, -0.25) is 0 Å². The zero-order valence-corrected chi connectivity index (χ0v) is 11.0. The third-order valence-electron chi connectivity index (χ3n) is 3.22. The summed E-state index contributed by atoms with van der Waals surface area (Å²) in [6.07, 6.45) is 0.383. The topological polar surface area (TPSA) is 93.9 Å². The molecule has 0 saturated carbocycles. The van der Waals surface area contributed by atoms with Gasteiger partial charge in [0.15, 0.2) is 11.4 Å². The molecule has 0 amide bonds. The summed E-state index contributed by atoms with van der Waals surface area (Å²) in [4.78, 5) is 14.8. The van der Waals surface area contributed by atoms with Gasteiger partial charge >= 0.3 is 0 Å². The van der Waals surface area contributed by atoms with E-state index in [0.29, 0.717) is 12.4 Å². The van der Waals surface area contributed by atoms with Crippen molar-refractivity contribution in [1.29, 1.82) is 0 Å². The van der Waals surface area contributed by atoms with Crippen LogP contribution in [0.3, 0.4) is 0 Å². The Morgan fingerprint density at radius 2 is 2.11 bits per heavy atom. The second kappa shape index (κ2) is 6.05. The fraction of sp³-hybridized carbons (Fsp3) is 1.00. The van der Waals surface area contributed by atoms with Crippen LogP contribution in [0.15, 0.2) is 0 Å². The summed E-state index contributed by atoms with van der Waals surface area (Å²) in [5, 5.41) is 9.29. The Balaban J connectivity index is 1.89. The lowest BCUT2D eigenvalue weighted by atomic mass is 10.1. The smallest absolute Gasteiger partial charge is 0.294 e. The Hall–Kier alpha value is -0.570. The van der Waals surface area contributed by atoms with Gasteiger partial charge in [0, 0.05) is 0 Å². The Morgan fingerprint density at radius 3 is 2.78 bits per heavy atom. The van der Waals surface area contributed by atoms with Crippen LogP contribution in [-0.4, -0.2) is 52.2 Å². The number of ether oxygens (including phenoxy) is 2. The molecule has 1 unspecified atom stereocenters. The molecule has 0 aromatic rings. The van der Waals surface area contributed by atoms with E-state index in [9.17, 15) is 14.7 Å². The molecule has 2 fully saturated rings. The summed E-state index contributed by atoms with van der Waals surface area (Å²) < 4.78 is 23.0. The minimum atomic E-state index is -1.01. The first-order chi connectivity index (χ1) is 8.63. The maximum atomic E-state index is 12.1. The largest absolute Gasteiger partial charge is 0.616 e. The van der Waals surface area contributed by atoms with Crippen LogP contribution >= 0.6 is 0 Å². The van der Waals surface area contributed by atoms with Gasteiger partial charge in [-0.25, -0.2) is 0 Å². The van der Waals surface area contributed by atoms with Crippen molar-refractivity contribution < 1.29 is 24.0 Å². The molecular formula is C10H17NO6S. The van der Waals surface area contributed by atoms with Gasteiger partial charge in [0.1, 0.15) is 18.0 Å². The number of hydrogen-bond acceptors (Lipinski definition) is 6. The van der Waals surface area contributed by atoms with Gasteiger partial charge in [0.05, 0.1) is 13.2 Å². The van der Waals surface area contributed by atoms with Crippen LogP contribution in [0, 0.1) is 10.1 Å². The number of rotatable bonds is 6. The molecule has 5 atom stereocenters. The van der Waals surface area contributed by atoms with Crippen LogP contribution in [0.5, 0.6) is 0 Å². The van der Waals surface area contributed by atoms with E-state index < -0.39 is 28.5 Å². The van der Waals surface area contributed by atoms with Gasteiger partial charge < -0.3 is 18.9 Å². The molecule has 0 aromatic carbocycles. The first-order valence-corrected chi connectivity index (χ1v) is 7.43. The van der Waals surface area contributed by atoms with Crippen molar-refractivity contribution in [2.75, 3.05) is 19.0 Å². The molecule has 2 aliphatic heterocycles. The van der Waals surface area contributed by atoms with Crippen LogP contribution < -0.4 is 0 Å². The predicted octanol–water partition coefficient (Wildman–Crippen LogP) is 0.278. The minimum Gasteiger partial charge on any atom is -0.616 e. The molecule has 18 heavy (non-hydrogen) atoms. The summed E-state index contributed by atoms with van der Waals surface area (Å²) in [6, 6.07) is 0. The van der Waals surface area contributed by atoms with Crippen molar-refractivity contribution in [1.82, 2.24) is 0 Å². The van der Waals surface area contributed by atoms with Crippen molar-refractivity contribution >= 4 is 11.2 Å². The molecule has 2 aliphatic rings. The second-order valence-electron chi connectivity index (χ2n) is 4.44. The number of fused-ring (bicyclic) bond motifs is 1. The molecule has 0 spiro atoms. The van der Waals surface area contributed by atoms with Crippen molar-refractivity contribution in [2.24, 2.45) is 0 Å². The fourth-order valence-electron chi connectivity index (χ4n) is 2.29. The van der Waals surface area contributed by atoms with Crippen LogP contribution in [0.1, 0.15) is 19.8 Å². The lowest BCUT2D eigenvalue weighted by Gasteiger charge is -2.20. The van der Waals surface area contributed by atoms with E-state index in [1.807, 2.05) is 6.92 Å². The van der Waals surface area contributed by atoms with E-state index in [-0.39, 0.29) is 18.0 Å². The zero-order chi connectivity index (χ0) is 13.1. The molecule has 104 valence electrons. The third-order valence-corrected chi connectivity index (χ3v) is 4.99. The molecule has 0 aromatic heterocycles. The summed E-state index contributed by atoms with van der Waals surface area (Å²) in [7, 11) is 0. The molecule has 0 aliphatic carbocycles. The standard InChI is InChI=1S/C10H17NO6S/c1-2-3-4-18(14)8-6-16-9-7(17-11(12)13)5-15-10(8)9/h7-10H,2-6H2,1H3/t7-,8+,9-,10-,18?/m1/s1. The van der Waals surface area contributed by atoms with Crippen molar-refractivity contribution in [2.45, 2.75) is 43.3 Å². The van der Waals surface area contributed by atoms with Crippen molar-refractivity contribution in [3.63, 3.8) is 0 Å². The third kappa shape index (κ3) is 2.87. The maximum absolute atomic E-state index is 12.1. The highest BCUT2D eigenvalue weighted by Gasteiger charge is 2.53. The van der Waals surface area contributed by atoms with Crippen LogP contribution in [0.2, 0.25) is 0 Å². The van der Waals surface area contributed by atoms with Gasteiger partial charge in [-0.15, -0.1) is 10.1 Å². The van der Waals surface area contributed by atoms with Crippen LogP contribution in [0.25, 0.3) is 0 Å². The number of nitrogens with zero attached hydrogens (tertiary/aromatic N) is 1.